The van der Waals surface area contributed by atoms with Gasteiger partial charge in [0.05, 0.1) is 0 Å². The third-order valence-electron chi connectivity index (χ3n) is 2.37. The van der Waals surface area contributed by atoms with Crippen molar-refractivity contribution in [2.75, 3.05) is 0 Å². The predicted octanol–water partition coefficient (Wildman–Crippen LogP) is 2.53. The predicted molar refractivity (Wildman–Crippen MR) is 55.7 cm³/mol. The molecule has 1 saturated carbocycles. The number of hydrogen-bond donors (Lipinski definition) is 1. The Morgan fingerprint density at radius 2 is 1.93 bits per heavy atom. The molecule has 1 aromatic carbocycles. The van der Waals surface area contributed by atoms with Crippen LogP contribution in [0.15, 0.2) is 28.7 Å². The molecule has 1 aliphatic carbocycles. The Morgan fingerprint density at radius 1 is 1.36 bits per heavy atom. The molecule has 0 unspecified atom stereocenters. The van der Waals surface area contributed by atoms with Crippen LogP contribution in [0.25, 0.3) is 0 Å². The summed E-state index contributed by atoms with van der Waals surface area (Å²) < 4.78 is 6.11. The second kappa shape index (κ2) is 3.28. The number of halogens is 1. The summed E-state index contributed by atoms with van der Waals surface area (Å²) in [7, 11) is 0. The minimum Gasteiger partial charge on any atom is -0.438 e. The van der Waals surface area contributed by atoms with Gasteiger partial charge in [0.15, 0.2) is 0 Å². The first-order valence-electron chi connectivity index (χ1n) is 4.37. The van der Waals surface area contributed by atoms with Gasteiger partial charge in [-0.15, -0.1) is 0 Å². The van der Waals surface area contributed by atoms with Gasteiger partial charge >= 0.3 is 6.09 Å². The van der Waals surface area contributed by atoms with Crippen LogP contribution in [0, 0.1) is 0 Å². The SMILES string of the molecule is NC(=O)OC1(c2ccc(Br)cc2)CC1. The second-order valence-electron chi connectivity index (χ2n) is 3.42. The number of primary amides is 1. The van der Waals surface area contributed by atoms with Crippen LogP contribution in [-0.2, 0) is 10.3 Å². The number of carbonyl (C=O) groups excluding carboxylic acids is 1. The zero-order valence-corrected chi connectivity index (χ0v) is 9.08. The van der Waals surface area contributed by atoms with E-state index in [2.05, 4.69) is 15.9 Å². The van der Waals surface area contributed by atoms with E-state index in [0.29, 0.717) is 0 Å². The van der Waals surface area contributed by atoms with Gasteiger partial charge in [0.1, 0.15) is 5.60 Å². The maximum absolute atomic E-state index is 10.7. The van der Waals surface area contributed by atoms with E-state index >= 15 is 0 Å². The van der Waals surface area contributed by atoms with E-state index in [1.54, 1.807) is 0 Å². The Kier molecular flexibility index (Phi) is 2.23. The maximum atomic E-state index is 10.7. The largest absolute Gasteiger partial charge is 0.438 e. The highest BCUT2D eigenvalue weighted by molar-refractivity contribution is 9.10. The fraction of sp³-hybridized carbons (Fsp3) is 0.300. The van der Waals surface area contributed by atoms with Gasteiger partial charge in [-0.25, -0.2) is 4.79 Å². The molecule has 0 spiro atoms. The maximum Gasteiger partial charge on any atom is 0.405 e. The molecule has 0 aliphatic heterocycles. The molecule has 2 rings (SSSR count). The highest BCUT2D eigenvalue weighted by Gasteiger charge is 2.48. The van der Waals surface area contributed by atoms with Crippen LogP contribution in [0.3, 0.4) is 0 Å². The van der Waals surface area contributed by atoms with Crippen LogP contribution in [-0.4, -0.2) is 6.09 Å². The van der Waals surface area contributed by atoms with Crippen molar-refractivity contribution in [1.29, 1.82) is 0 Å². The van der Waals surface area contributed by atoms with E-state index in [9.17, 15) is 4.79 Å². The van der Waals surface area contributed by atoms with Crippen molar-refractivity contribution < 1.29 is 9.53 Å². The fourth-order valence-corrected chi connectivity index (χ4v) is 1.77. The van der Waals surface area contributed by atoms with E-state index in [1.807, 2.05) is 24.3 Å². The molecule has 0 aromatic heterocycles. The van der Waals surface area contributed by atoms with Crippen LogP contribution in [0.2, 0.25) is 0 Å². The topological polar surface area (TPSA) is 52.3 Å². The van der Waals surface area contributed by atoms with E-state index < -0.39 is 11.7 Å². The van der Waals surface area contributed by atoms with Gasteiger partial charge in [-0.05, 0) is 30.5 Å². The number of hydrogen-bond acceptors (Lipinski definition) is 2. The highest BCUT2D eigenvalue weighted by atomic mass is 79.9. The van der Waals surface area contributed by atoms with E-state index in [0.717, 1.165) is 22.9 Å². The summed E-state index contributed by atoms with van der Waals surface area (Å²) in [5, 5.41) is 0. The quantitative estimate of drug-likeness (QED) is 0.883. The van der Waals surface area contributed by atoms with Crippen molar-refractivity contribution in [2.24, 2.45) is 5.73 Å². The lowest BCUT2D eigenvalue weighted by molar-refractivity contribution is 0.0900. The monoisotopic (exact) mass is 255 g/mol. The fourth-order valence-electron chi connectivity index (χ4n) is 1.51. The molecular formula is C10H10BrNO2. The molecule has 4 heteroatoms. The van der Waals surface area contributed by atoms with Crippen molar-refractivity contribution in [1.82, 2.24) is 0 Å². The van der Waals surface area contributed by atoms with Crippen molar-refractivity contribution in [3.63, 3.8) is 0 Å². The second-order valence-corrected chi connectivity index (χ2v) is 4.34. The molecule has 1 aliphatic rings. The summed E-state index contributed by atoms with van der Waals surface area (Å²) >= 11 is 3.35. The van der Waals surface area contributed by atoms with Gasteiger partial charge in [0.25, 0.3) is 0 Å². The first-order chi connectivity index (χ1) is 6.62. The van der Waals surface area contributed by atoms with Crippen LogP contribution >= 0.6 is 15.9 Å². The van der Waals surface area contributed by atoms with Crippen molar-refractivity contribution >= 4 is 22.0 Å². The first kappa shape index (κ1) is 9.52. The van der Waals surface area contributed by atoms with Gasteiger partial charge in [0, 0.05) is 4.47 Å². The smallest absolute Gasteiger partial charge is 0.405 e. The summed E-state index contributed by atoms with van der Waals surface area (Å²) in [4.78, 5) is 10.7. The number of nitrogens with two attached hydrogens (primary N) is 1. The highest BCUT2D eigenvalue weighted by Crippen LogP contribution is 2.49. The van der Waals surface area contributed by atoms with Crippen LogP contribution in [0.4, 0.5) is 4.79 Å². The Bertz CT molecular complexity index is 357. The lowest BCUT2D eigenvalue weighted by atomic mass is 10.1. The zero-order valence-electron chi connectivity index (χ0n) is 7.50. The summed E-state index contributed by atoms with van der Waals surface area (Å²) in [5.74, 6) is 0. The number of amides is 1. The van der Waals surface area contributed by atoms with E-state index in [4.69, 9.17) is 10.5 Å². The average molecular weight is 256 g/mol. The lowest BCUT2D eigenvalue weighted by Crippen LogP contribution is -2.22. The first-order valence-corrected chi connectivity index (χ1v) is 5.16. The molecule has 0 bridgehead atoms. The number of ether oxygens (including phenoxy) is 1. The average Bonchev–Trinajstić information content (AvgIpc) is 2.85. The molecule has 0 atom stereocenters. The molecule has 2 N–H and O–H groups in total. The van der Waals surface area contributed by atoms with Gasteiger partial charge in [-0.2, -0.15) is 0 Å². The summed E-state index contributed by atoms with van der Waals surface area (Å²) in [6, 6.07) is 7.75. The number of rotatable bonds is 2. The van der Waals surface area contributed by atoms with Gasteiger partial charge in [-0.1, -0.05) is 28.1 Å². The van der Waals surface area contributed by atoms with Crippen LogP contribution in [0.5, 0.6) is 0 Å². The van der Waals surface area contributed by atoms with Crippen molar-refractivity contribution in [3.8, 4) is 0 Å². The van der Waals surface area contributed by atoms with Gasteiger partial charge < -0.3 is 10.5 Å². The van der Waals surface area contributed by atoms with Gasteiger partial charge in [-0.3, -0.25) is 0 Å². The standard InChI is InChI=1S/C10H10BrNO2/c11-8-3-1-7(2-4-8)10(5-6-10)14-9(12)13/h1-4H,5-6H2,(H2,12,13). The van der Waals surface area contributed by atoms with Crippen LogP contribution in [0.1, 0.15) is 18.4 Å². The molecule has 0 saturated heterocycles. The molecular weight excluding hydrogens is 246 g/mol. The lowest BCUT2D eigenvalue weighted by Gasteiger charge is -2.15. The van der Waals surface area contributed by atoms with E-state index in [1.165, 1.54) is 0 Å². The van der Waals surface area contributed by atoms with Gasteiger partial charge in [0.2, 0.25) is 0 Å². The molecule has 74 valence electrons. The molecule has 0 radical (unpaired) electrons. The van der Waals surface area contributed by atoms with Crippen LogP contribution < -0.4 is 5.73 Å². The Morgan fingerprint density at radius 3 is 2.36 bits per heavy atom. The Balaban J connectivity index is 2.22. The minimum atomic E-state index is -0.703. The normalized spacial score (nSPS) is 17.5. The third kappa shape index (κ3) is 1.75. The van der Waals surface area contributed by atoms with Crippen molar-refractivity contribution in [3.05, 3.63) is 34.3 Å². The Hall–Kier alpha value is -1.03. The zero-order chi connectivity index (χ0) is 10.2. The van der Waals surface area contributed by atoms with E-state index in [-0.39, 0.29) is 0 Å². The molecule has 1 aromatic rings. The molecule has 1 amide bonds. The van der Waals surface area contributed by atoms with Crippen molar-refractivity contribution in [2.45, 2.75) is 18.4 Å². The number of carbonyl (C=O) groups is 1. The number of benzene rings is 1. The molecule has 1 fully saturated rings. The summed E-state index contributed by atoms with van der Waals surface area (Å²) in [6.07, 6.45) is 1.01. The Labute approximate surface area is 90.4 Å². The summed E-state index contributed by atoms with van der Waals surface area (Å²) in [6.45, 7) is 0. The molecule has 3 nitrogen and oxygen atoms in total. The third-order valence-corrected chi connectivity index (χ3v) is 2.90. The molecule has 0 heterocycles. The molecule has 14 heavy (non-hydrogen) atoms. The summed E-state index contributed by atoms with van der Waals surface area (Å²) in [5.41, 5.74) is 5.59. The minimum absolute atomic E-state index is 0.438.